The first-order valence-corrected chi connectivity index (χ1v) is 7.29. The first-order chi connectivity index (χ1) is 10.0. The van der Waals surface area contributed by atoms with Crippen LogP contribution >= 0.6 is 0 Å². The van der Waals surface area contributed by atoms with Crippen molar-refractivity contribution >= 4 is 11.6 Å². The third-order valence-corrected chi connectivity index (χ3v) is 3.80. The number of carbonyl (C=O) groups is 1. The molecule has 0 saturated carbocycles. The Kier molecular flexibility index (Phi) is 5.12. The zero-order valence-electron chi connectivity index (χ0n) is 12.2. The molecule has 3 N–H and O–H groups in total. The van der Waals surface area contributed by atoms with Gasteiger partial charge in [0.15, 0.2) is 11.6 Å². The summed E-state index contributed by atoms with van der Waals surface area (Å²) in [4.78, 5) is 14.5. The molecule has 21 heavy (non-hydrogen) atoms. The van der Waals surface area contributed by atoms with Crippen LogP contribution in [-0.2, 0) is 0 Å². The Morgan fingerprint density at radius 3 is 2.57 bits per heavy atom. The molecule has 0 aliphatic carbocycles. The van der Waals surface area contributed by atoms with E-state index in [0.717, 1.165) is 51.0 Å². The van der Waals surface area contributed by atoms with Gasteiger partial charge in [0.1, 0.15) is 0 Å². The maximum Gasteiger partial charge on any atom is 0.253 e. The molecule has 4 nitrogen and oxygen atoms in total. The Morgan fingerprint density at radius 2 is 1.95 bits per heavy atom. The van der Waals surface area contributed by atoms with Gasteiger partial charge in [0.25, 0.3) is 5.91 Å². The summed E-state index contributed by atoms with van der Waals surface area (Å²) in [6.45, 7) is 5.08. The molecule has 1 amide bonds. The number of nitrogen functional groups attached to an aromatic ring is 1. The number of amides is 1. The average Bonchev–Trinajstić information content (AvgIpc) is 2.45. The molecule has 116 valence electrons. The van der Waals surface area contributed by atoms with E-state index in [0.29, 0.717) is 0 Å². The van der Waals surface area contributed by atoms with Gasteiger partial charge in [-0.25, -0.2) is 8.78 Å². The van der Waals surface area contributed by atoms with Crippen LogP contribution in [0.1, 0.15) is 36.5 Å². The van der Waals surface area contributed by atoms with Crippen molar-refractivity contribution in [1.82, 2.24) is 10.2 Å². The molecule has 0 unspecified atom stereocenters. The minimum atomic E-state index is -1.06. The van der Waals surface area contributed by atoms with E-state index in [9.17, 15) is 13.6 Å². The van der Waals surface area contributed by atoms with Crippen LogP contribution in [0.3, 0.4) is 0 Å². The van der Waals surface area contributed by atoms with E-state index in [1.807, 2.05) is 0 Å². The van der Waals surface area contributed by atoms with Gasteiger partial charge in [0, 0.05) is 30.9 Å². The normalized spacial score (nSPS) is 16.9. The second kappa shape index (κ2) is 6.85. The second-order valence-corrected chi connectivity index (χ2v) is 5.44. The zero-order valence-corrected chi connectivity index (χ0v) is 12.2. The monoisotopic (exact) mass is 297 g/mol. The largest absolute Gasteiger partial charge is 0.398 e. The van der Waals surface area contributed by atoms with Crippen LogP contribution in [0.25, 0.3) is 0 Å². The molecule has 1 heterocycles. The van der Waals surface area contributed by atoms with E-state index in [1.165, 1.54) is 0 Å². The summed E-state index contributed by atoms with van der Waals surface area (Å²) in [5.74, 6) is -2.55. The number of hydrogen-bond donors (Lipinski definition) is 2. The van der Waals surface area contributed by atoms with Gasteiger partial charge < -0.3 is 16.0 Å². The Hall–Kier alpha value is -1.69. The van der Waals surface area contributed by atoms with Crippen LogP contribution in [0.15, 0.2) is 12.1 Å². The van der Waals surface area contributed by atoms with Crippen LogP contribution < -0.4 is 11.1 Å². The van der Waals surface area contributed by atoms with E-state index in [4.69, 9.17) is 5.73 Å². The van der Waals surface area contributed by atoms with Gasteiger partial charge in [-0.05, 0) is 31.9 Å². The van der Waals surface area contributed by atoms with E-state index in [-0.39, 0.29) is 17.3 Å². The number of benzene rings is 1. The quantitative estimate of drug-likeness (QED) is 0.837. The van der Waals surface area contributed by atoms with Crippen molar-refractivity contribution in [2.75, 3.05) is 25.4 Å². The number of rotatable bonds is 4. The molecule has 1 saturated heterocycles. The van der Waals surface area contributed by atoms with Gasteiger partial charge in [0.05, 0.1) is 5.56 Å². The van der Waals surface area contributed by atoms with Gasteiger partial charge in [0.2, 0.25) is 0 Å². The Morgan fingerprint density at radius 1 is 1.33 bits per heavy atom. The van der Waals surface area contributed by atoms with E-state index in [2.05, 4.69) is 17.1 Å². The fourth-order valence-electron chi connectivity index (χ4n) is 2.64. The molecule has 2 rings (SSSR count). The molecule has 0 radical (unpaired) electrons. The van der Waals surface area contributed by atoms with Gasteiger partial charge in [-0.3, -0.25) is 4.79 Å². The minimum Gasteiger partial charge on any atom is -0.398 e. The molecule has 1 aromatic carbocycles. The summed E-state index contributed by atoms with van der Waals surface area (Å²) in [5.41, 5.74) is 5.53. The molecular weight excluding hydrogens is 276 g/mol. The number of likely N-dealkylation sites (tertiary alicyclic amines) is 1. The predicted molar refractivity (Wildman–Crippen MR) is 78.0 cm³/mol. The molecule has 0 bridgehead atoms. The number of nitrogens with one attached hydrogen (secondary N) is 1. The number of anilines is 1. The smallest absolute Gasteiger partial charge is 0.253 e. The Labute approximate surface area is 123 Å². The summed E-state index contributed by atoms with van der Waals surface area (Å²) in [6, 6.07) is 1.75. The highest BCUT2D eigenvalue weighted by Gasteiger charge is 2.22. The minimum absolute atomic E-state index is 0.00936. The van der Waals surface area contributed by atoms with Crippen LogP contribution in [0.4, 0.5) is 14.5 Å². The van der Waals surface area contributed by atoms with Gasteiger partial charge in [-0.15, -0.1) is 0 Å². The topological polar surface area (TPSA) is 58.4 Å². The molecule has 0 spiro atoms. The molecule has 0 atom stereocenters. The summed E-state index contributed by atoms with van der Waals surface area (Å²) >= 11 is 0. The first kappa shape index (κ1) is 15.7. The van der Waals surface area contributed by atoms with E-state index in [1.54, 1.807) is 0 Å². The van der Waals surface area contributed by atoms with Crippen molar-refractivity contribution < 1.29 is 13.6 Å². The molecule has 1 aliphatic rings. The fourth-order valence-corrected chi connectivity index (χ4v) is 2.64. The number of nitrogens with zero attached hydrogens (tertiary/aromatic N) is 1. The maximum absolute atomic E-state index is 13.2. The van der Waals surface area contributed by atoms with Crippen LogP contribution in [-0.4, -0.2) is 36.5 Å². The van der Waals surface area contributed by atoms with Crippen molar-refractivity contribution in [3.8, 4) is 0 Å². The third kappa shape index (κ3) is 3.91. The number of nitrogens with two attached hydrogens (primary N) is 1. The van der Waals surface area contributed by atoms with Crippen LogP contribution in [0, 0.1) is 11.6 Å². The van der Waals surface area contributed by atoms with E-state index >= 15 is 0 Å². The Bertz CT molecular complexity index is 514. The van der Waals surface area contributed by atoms with Crippen molar-refractivity contribution in [2.45, 2.75) is 32.2 Å². The van der Waals surface area contributed by atoms with Gasteiger partial charge in [-0.1, -0.05) is 6.92 Å². The number of hydrogen-bond acceptors (Lipinski definition) is 3. The molecule has 0 aromatic heterocycles. The van der Waals surface area contributed by atoms with Crippen molar-refractivity contribution in [3.63, 3.8) is 0 Å². The van der Waals surface area contributed by atoms with Gasteiger partial charge in [-0.2, -0.15) is 0 Å². The lowest BCUT2D eigenvalue weighted by molar-refractivity contribution is 0.0911. The first-order valence-electron chi connectivity index (χ1n) is 7.29. The van der Waals surface area contributed by atoms with Gasteiger partial charge >= 0.3 is 0 Å². The lowest BCUT2D eigenvalue weighted by atomic mass is 10.0. The lowest BCUT2D eigenvalue weighted by Gasteiger charge is -2.32. The molecule has 6 heteroatoms. The summed E-state index contributed by atoms with van der Waals surface area (Å²) in [5, 5.41) is 2.85. The zero-order chi connectivity index (χ0) is 15.4. The summed E-state index contributed by atoms with van der Waals surface area (Å²) in [6.07, 6.45) is 2.83. The number of halogens is 2. The molecule has 1 aromatic rings. The van der Waals surface area contributed by atoms with Crippen LogP contribution in [0.5, 0.6) is 0 Å². The summed E-state index contributed by atoms with van der Waals surface area (Å²) < 4.78 is 26.2. The highest BCUT2D eigenvalue weighted by atomic mass is 19.2. The SMILES string of the molecule is CCCN1CCC(NC(=O)c2cc(F)c(F)cc2N)CC1. The maximum atomic E-state index is 13.2. The highest BCUT2D eigenvalue weighted by molar-refractivity contribution is 5.99. The molecule has 1 aliphatic heterocycles. The lowest BCUT2D eigenvalue weighted by Crippen LogP contribution is -2.44. The highest BCUT2D eigenvalue weighted by Crippen LogP contribution is 2.18. The second-order valence-electron chi connectivity index (χ2n) is 5.44. The number of piperidine rings is 1. The molecular formula is C15H21F2N3O. The van der Waals surface area contributed by atoms with Crippen LogP contribution in [0.2, 0.25) is 0 Å². The van der Waals surface area contributed by atoms with E-state index < -0.39 is 17.5 Å². The van der Waals surface area contributed by atoms with Crippen molar-refractivity contribution in [2.24, 2.45) is 0 Å². The Balaban J connectivity index is 1.95. The number of carbonyl (C=O) groups excluding carboxylic acids is 1. The standard InChI is InChI=1S/C15H21F2N3O/c1-2-5-20-6-3-10(4-7-20)19-15(21)11-8-12(16)13(17)9-14(11)18/h8-10H,2-7,18H2,1H3,(H,19,21). The summed E-state index contributed by atoms with van der Waals surface area (Å²) in [7, 11) is 0. The third-order valence-electron chi connectivity index (χ3n) is 3.80. The van der Waals surface area contributed by atoms with Crippen molar-refractivity contribution in [1.29, 1.82) is 0 Å². The van der Waals surface area contributed by atoms with Crippen molar-refractivity contribution in [3.05, 3.63) is 29.3 Å². The predicted octanol–water partition coefficient (Wildman–Crippen LogP) is 2.15. The average molecular weight is 297 g/mol. The molecule has 1 fully saturated rings. The fraction of sp³-hybridized carbons (Fsp3) is 0.533.